The summed E-state index contributed by atoms with van der Waals surface area (Å²) in [4.78, 5) is 24.9. The molecule has 2 aromatic rings. The molecule has 2 aliphatic heterocycles. The summed E-state index contributed by atoms with van der Waals surface area (Å²) in [6.07, 6.45) is 5.75. The monoisotopic (exact) mass is 367 g/mol. The molecule has 0 saturated heterocycles. The number of hydrogen-bond acceptors (Lipinski definition) is 5. The van der Waals surface area contributed by atoms with Crippen molar-refractivity contribution >= 4 is 5.97 Å². The molecule has 6 heteroatoms. The molecule has 27 heavy (non-hydrogen) atoms. The zero-order chi connectivity index (χ0) is 18.6. The first-order valence-corrected chi connectivity index (χ1v) is 9.48. The first-order chi connectivity index (χ1) is 13.1. The Labute approximate surface area is 156 Å². The van der Waals surface area contributed by atoms with Gasteiger partial charge in [-0.2, -0.15) is 0 Å². The molecular weight excluding hydrogens is 346 g/mol. The smallest absolute Gasteiger partial charge is 0.343 e. The maximum absolute atomic E-state index is 12.7. The fourth-order valence-corrected chi connectivity index (χ4v) is 4.45. The lowest BCUT2D eigenvalue weighted by molar-refractivity contribution is 0.0521. The molecule has 0 unspecified atom stereocenters. The topological polar surface area (TPSA) is 66.8 Å². The van der Waals surface area contributed by atoms with Gasteiger partial charge in [-0.3, -0.25) is 4.79 Å². The Morgan fingerprint density at radius 2 is 1.93 bits per heavy atom. The molecule has 0 radical (unpaired) electrons. The van der Waals surface area contributed by atoms with Gasteiger partial charge in [0.15, 0.2) is 16.9 Å². The van der Waals surface area contributed by atoms with Crippen molar-refractivity contribution in [2.75, 3.05) is 19.8 Å². The van der Waals surface area contributed by atoms with Crippen LogP contribution in [0, 0.1) is 0 Å². The van der Waals surface area contributed by atoms with E-state index in [-0.39, 0.29) is 23.1 Å². The highest BCUT2D eigenvalue weighted by Crippen LogP contribution is 2.50. The standard InChI is InChI=1S/C21H21NO5/c1-2-25-20(24)15-12-22-16(10-17(15)23)14-9-19-18(26-6-7-27-19)8-13(14)11-21(22)4-3-5-21/h8-10,12H,2-7,11H2,1H3. The highest BCUT2D eigenvalue weighted by Gasteiger charge is 2.44. The molecule has 1 aromatic carbocycles. The van der Waals surface area contributed by atoms with Crippen molar-refractivity contribution in [2.24, 2.45) is 0 Å². The lowest BCUT2D eigenvalue weighted by atomic mass is 9.69. The second-order valence-electron chi connectivity index (χ2n) is 7.43. The largest absolute Gasteiger partial charge is 0.486 e. The van der Waals surface area contributed by atoms with Crippen molar-refractivity contribution in [3.8, 4) is 22.8 Å². The van der Waals surface area contributed by atoms with Gasteiger partial charge in [-0.05, 0) is 50.3 Å². The number of benzene rings is 1. The zero-order valence-electron chi connectivity index (χ0n) is 15.2. The first kappa shape index (κ1) is 16.4. The summed E-state index contributed by atoms with van der Waals surface area (Å²) in [6, 6.07) is 5.59. The van der Waals surface area contributed by atoms with Crippen molar-refractivity contribution in [1.29, 1.82) is 0 Å². The molecule has 1 saturated carbocycles. The number of ether oxygens (including phenoxy) is 3. The number of carbonyl (C=O) groups is 1. The molecule has 1 fully saturated rings. The predicted octanol–water partition coefficient (Wildman–Crippen LogP) is 2.90. The molecule has 140 valence electrons. The van der Waals surface area contributed by atoms with E-state index in [4.69, 9.17) is 14.2 Å². The summed E-state index contributed by atoms with van der Waals surface area (Å²) in [6.45, 7) is 3.06. The summed E-state index contributed by atoms with van der Waals surface area (Å²) in [7, 11) is 0. The van der Waals surface area contributed by atoms with Gasteiger partial charge in [0.05, 0.1) is 12.3 Å². The summed E-state index contributed by atoms with van der Waals surface area (Å²) < 4.78 is 18.7. The van der Waals surface area contributed by atoms with E-state index in [1.807, 2.05) is 6.07 Å². The molecule has 0 amide bonds. The fraction of sp³-hybridized carbons (Fsp3) is 0.429. The van der Waals surface area contributed by atoms with Gasteiger partial charge in [0.1, 0.15) is 18.8 Å². The molecule has 0 N–H and O–H groups in total. The highest BCUT2D eigenvalue weighted by atomic mass is 16.6. The molecule has 3 aliphatic rings. The van der Waals surface area contributed by atoms with Gasteiger partial charge < -0.3 is 18.8 Å². The fourth-order valence-electron chi connectivity index (χ4n) is 4.45. The summed E-state index contributed by atoms with van der Waals surface area (Å²) in [5, 5.41) is 0. The number of rotatable bonds is 2. The summed E-state index contributed by atoms with van der Waals surface area (Å²) in [5.41, 5.74) is 2.70. The minimum atomic E-state index is -0.555. The predicted molar refractivity (Wildman–Crippen MR) is 98.6 cm³/mol. The normalized spacial score (nSPS) is 18.3. The number of hydrogen-bond donors (Lipinski definition) is 0. The van der Waals surface area contributed by atoms with Crippen LogP contribution < -0.4 is 14.9 Å². The van der Waals surface area contributed by atoms with Gasteiger partial charge in [0.2, 0.25) is 0 Å². The number of pyridine rings is 1. The van der Waals surface area contributed by atoms with Crippen LogP contribution in [0.4, 0.5) is 0 Å². The second-order valence-corrected chi connectivity index (χ2v) is 7.43. The van der Waals surface area contributed by atoms with Crippen LogP contribution in [0.2, 0.25) is 0 Å². The third-order valence-corrected chi connectivity index (χ3v) is 5.91. The molecule has 1 aromatic heterocycles. The second kappa shape index (κ2) is 5.87. The van der Waals surface area contributed by atoms with E-state index in [2.05, 4.69) is 10.6 Å². The quantitative estimate of drug-likeness (QED) is 0.764. The lowest BCUT2D eigenvalue weighted by Gasteiger charge is -2.49. The van der Waals surface area contributed by atoms with Crippen LogP contribution in [0.25, 0.3) is 11.3 Å². The molecule has 3 heterocycles. The average molecular weight is 367 g/mol. The van der Waals surface area contributed by atoms with Gasteiger partial charge in [-0.1, -0.05) is 0 Å². The molecule has 1 aliphatic carbocycles. The number of aromatic nitrogens is 1. The van der Waals surface area contributed by atoms with E-state index in [0.717, 1.165) is 42.7 Å². The number of nitrogens with zero attached hydrogens (tertiary/aromatic N) is 1. The zero-order valence-corrected chi connectivity index (χ0v) is 15.2. The van der Waals surface area contributed by atoms with Crippen LogP contribution >= 0.6 is 0 Å². The third-order valence-electron chi connectivity index (χ3n) is 5.91. The van der Waals surface area contributed by atoms with E-state index < -0.39 is 5.97 Å². The van der Waals surface area contributed by atoms with Crippen molar-refractivity contribution in [2.45, 2.75) is 38.1 Å². The molecule has 6 nitrogen and oxygen atoms in total. The van der Waals surface area contributed by atoms with Crippen LogP contribution in [0.1, 0.15) is 42.1 Å². The Bertz CT molecular complexity index is 1000. The minimum Gasteiger partial charge on any atom is -0.486 e. The van der Waals surface area contributed by atoms with E-state index in [9.17, 15) is 9.59 Å². The van der Waals surface area contributed by atoms with Crippen LogP contribution in [0.15, 0.2) is 29.2 Å². The Morgan fingerprint density at radius 3 is 2.59 bits per heavy atom. The molecule has 5 rings (SSSR count). The van der Waals surface area contributed by atoms with Gasteiger partial charge >= 0.3 is 5.97 Å². The minimum absolute atomic E-state index is 0.0823. The van der Waals surface area contributed by atoms with E-state index in [1.54, 1.807) is 19.2 Å². The highest BCUT2D eigenvalue weighted by molar-refractivity contribution is 5.89. The van der Waals surface area contributed by atoms with E-state index in [0.29, 0.717) is 19.0 Å². The summed E-state index contributed by atoms with van der Waals surface area (Å²) >= 11 is 0. The Morgan fingerprint density at radius 1 is 1.19 bits per heavy atom. The molecule has 0 bridgehead atoms. The molecule has 0 atom stereocenters. The van der Waals surface area contributed by atoms with Crippen LogP contribution in [-0.4, -0.2) is 30.4 Å². The van der Waals surface area contributed by atoms with Crippen molar-refractivity contribution in [3.05, 3.63) is 45.7 Å². The molecular formula is C21H21NO5. The van der Waals surface area contributed by atoms with Gasteiger partial charge in [-0.25, -0.2) is 4.79 Å². The Balaban J connectivity index is 1.71. The van der Waals surface area contributed by atoms with Crippen molar-refractivity contribution in [1.82, 2.24) is 4.57 Å². The van der Waals surface area contributed by atoms with E-state index in [1.165, 1.54) is 5.56 Å². The third kappa shape index (κ3) is 2.39. The summed E-state index contributed by atoms with van der Waals surface area (Å²) in [5.74, 6) is 0.923. The van der Waals surface area contributed by atoms with Gasteiger partial charge in [0.25, 0.3) is 0 Å². The van der Waals surface area contributed by atoms with E-state index >= 15 is 0 Å². The number of esters is 1. The first-order valence-electron chi connectivity index (χ1n) is 9.48. The Kier molecular flexibility index (Phi) is 3.57. The molecule has 1 spiro atoms. The SMILES string of the molecule is CCOC(=O)c1cn2c(cc1=O)-c1cc3c(cc1CC21CCC1)OCCO3. The van der Waals surface area contributed by atoms with Crippen LogP contribution in [0.3, 0.4) is 0 Å². The van der Waals surface area contributed by atoms with Crippen LogP contribution in [-0.2, 0) is 16.7 Å². The van der Waals surface area contributed by atoms with Gasteiger partial charge in [0, 0.05) is 23.4 Å². The van der Waals surface area contributed by atoms with Crippen molar-refractivity contribution in [3.63, 3.8) is 0 Å². The Hall–Kier alpha value is -2.76. The van der Waals surface area contributed by atoms with Crippen molar-refractivity contribution < 1.29 is 19.0 Å². The maximum Gasteiger partial charge on any atom is 0.343 e. The number of fused-ring (bicyclic) bond motifs is 5. The maximum atomic E-state index is 12.7. The van der Waals surface area contributed by atoms with Crippen LogP contribution in [0.5, 0.6) is 11.5 Å². The average Bonchev–Trinajstić information content (AvgIpc) is 2.64. The number of carbonyl (C=O) groups excluding carboxylic acids is 1. The lowest BCUT2D eigenvalue weighted by Crippen LogP contribution is -2.46. The van der Waals surface area contributed by atoms with Gasteiger partial charge in [-0.15, -0.1) is 0 Å².